The first kappa shape index (κ1) is 21.4. The molecule has 1 atom stereocenters. The molecule has 160 valence electrons. The quantitative estimate of drug-likeness (QED) is 0.721. The van der Waals surface area contributed by atoms with Crippen LogP contribution in [0.25, 0.3) is 0 Å². The summed E-state index contributed by atoms with van der Waals surface area (Å²) in [6, 6.07) is 0. The summed E-state index contributed by atoms with van der Waals surface area (Å²) in [6.45, 7) is 5.10. The van der Waals surface area contributed by atoms with E-state index in [0.29, 0.717) is 6.54 Å². The minimum Gasteiger partial charge on any atom is -0.483 e. The van der Waals surface area contributed by atoms with Crippen molar-refractivity contribution < 1.29 is 19.4 Å². The number of carbonyl (C=O) groups excluding carboxylic acids is 1. The Morgan fingerprint density at radius 2 is 2.03 bits per heavy atom. The lowest BCUT2D eigenvalue weighted by molar-refractivity contribution is -0.135. The molecule has 0 aromatic carbocycles. The molecule has 4 rings (SSSR count). The predicted molar refractivity (Wildman–Crippen MR) is 108 cm³/mol. The highest BCUT2D eigenvalue weighted by atomic mass is 16.5. The number of nitrogens with zero attached hydrogens (tertiary/aromatic N) is 5. The zero-order chi connectivity index (χ0) is 20.9. The summed E-state index contributed by atoms with van der Waals surface area (Å²) in [6.07, 6.45) is 6.26. The maximum Gasteiger partial charge on any atom is 0.290 e. The third kappa shape index (κ3) is 4.84. The highest BCUT2D eigenvalue weighted by molar-refractivity contribution is 5.78. The van der Waals surface area contributed by atoms with Crippen LogP contribution < -0.4 is 4.90 Å². The summed E-state index contributed by atoms with van der Waals surface area (Å²) in [4.78, 5) is 36.9. The Labute approximate surface area is 171 Å². The average molecular weight is 405 g/mol. The number of aryl methyl sites for hydroxylation is 1. The number of amides is 1. The summed E-state index contributed by atoms with van der Waals surface area (Å²) < 4.78 is 5.39. The first-order chi connectivity index (χ1) is 14.0. The van der Waals surface area contributed by atoms with Gasteiger partial charge in [-0.2, -0.15) is 0 Å². The zero-order valence-electron chi connectivity index (χ0n) is 17.3. The number of likely N-dealkylation sites (tertiary alicyclic amines) is 1. The molecule has 2 saturated heterocycles. The lowest BCUT2D eigenvalue weighted by atomic mass is 9.77. The third-order valence-electron chi connectivity index (χ3n) is 6.02. The normalized spacial score (nSPS) is 23.9. The first-order valence-electron chi connectivity index (χ1n) is 10.2. The smallest absolute Gasteiger partial charge is 0.290 e. The van der Waals surface area contributed by atoms with Gasteiger partial charge in [0.2, 0.25) is 11.9 Å². The van der Waals surface area contributed by atoms with Crippen LogP contribution in [0.3, 0.4) is 0 Å². The van der Waals surface area contributed by atoms with Crippen LogP contribution in [-0.4, -0.2) is 97.3 Å². The number of rotatable bonds is 3. The first-order valence-corrected chi connectivity index (χ1v) is 10.2. The van der Waals surface area contributed by atoms with Crippen LogP contribution in [0.4, 0.5) is 5.95 Å². The van der Waals surface area contributed by atoms with Gasteiger partial charge in [0.1, 0.15) is 0 Å². The molecule has 9 nitrogen and oxygen atoms in total. The fourth-order valence-corrected chi connectivity index (χ4v) is 4.54. The number of hydrogen-bond acceptors (Lipinski definition) is 7. The van der Waals surface area contributed by atoms with Gasteiger partial charge < -0.3 is 19.6 Å². The molecule has 1 aromatic rings. The monoisotopic (exact) mass is 405 g/mol. The van der Waals surface area contributed by atoms with Crippen molar-refractivity contribution in [2.75, 3.05) is 64.9 Å². The topological polar surface area (TPSA) is 99.1 Å². The summed E-state index contributed by atoms with van der Waals surface area (Å²) in [5.74, 6) is 1.02. The largest absolute Gasteiger partial charge is 0.483 e. The standard InChI is InChI=1S/C19H29N5O2.CH2O2/c1-22(2)18-20-12-15-4-6-19(17(15)21-18)5-3-7-24(14-19)16(25)13-23-8-10-26-11-9-23;2-1-3/h12H,3-11,13-14H2,1-2H3;1H,(H,2,3). The molecule has 29 heavy (non-hydrogen) atoms. The molecule has 0 saturated carbocycles. The molecule has 3 heterocycles. The maximum atomic E-state index is 12.9. The summed E-state index contributed by atoms with van der Waals surface area (Å²) in [5.41, 5.74) is 2.46. The van der Waals surface area contributed by atoms with Gasteiger partial charge in [-0.25, -0.2) is 9.97 Å². The van der Waals surface area contributed by atoms with Crippen molar-refractivity contribution in [3.63, 3.8) is 0 Å². The van der Waals surface area contributed by atoms with Crippen molar-refractivity contribution in [3.05, 3.63) is 17.5 Å². The molecule has 0 radical (unpaired) electrons. The van der Waals surface area contributed by atoms with Crippen molar-refractivity contribution in [1.82, 2.24) is 19.8 Å². The van der Waals surface area contributed by atoms with E-state index in [9.17, 15) is 4.79 Å². The Morgan fingerprint density at radius 3 is 2.72 bits per heavy atom. The lowest BCUT2D eigenvalue weighted by Crippen LogP contribution is -2.51. The molecule has 1 aromatic heterocycles. The molecular weight excluding hydrogens is 374 g/mol. The number of hydrogen-bond donors (Lipinski definition) is 1. The second-order valence-corrected chi connectivity index (χ2v) is 8.13. The van der Waals surface area contributed by atoms with Gasteiger partial charge in [0.15, 0.2) is 0 Å². The molecule has 1 N–H and O–H groups in total. The van der Waals surface area contributed by atoms with Crippen molar-refractivity contribution in [2.24, 2.45) is 0 Å². The molecule has 1 unspecified atom stereocenters. The fourth-order valence-electron chi connectivity index (χ4n) is 4.54. The SMILES string of the molecule is CN(C)c1ncc2c(n1)C1(CCCN(C(=O)CN3CCOCC3)C1)CC2.O=CO. The Bertz CT molecular complexity index is 719. The van der Waals surface area contributed by atoms with Crippen molar-refractivity contribution in [2.45, 2.75) is 31.1 Å². The van der Waals surface area contributed by atoms with Gasteiger partial charge >= 0.3 is 0 Å². The van der Waals surface area contributed by atoms with Crippen LogP contribution >= 0.6 is 0 Å². The summed E-state index contributed by atoms with van der Waals surface area (Å²) in [5, 5.41) is 6.89. The second-order valence-electron chi connectivity index (χ2n) is 8.13. The molecular formula is C20H31N5O4. The van der Waals surface area contributed by atoms with Crippen molar-refractivity contribution >= 4 is 18.3 Å². The van der Waals surface area contributed by atoms with Crippen molar-refractivity contribution in [3.8, 4) is 0 Å². The number of morpholine rings is 1. The van der Waals surface area contributed by atoms with E-state index in [2.05, 4.69) is 14.8 Å². The molecule has 9 heteroatoms. The van der Waals surface area contributed by atoms with Crippen LogP contribution in [0.1, 0.15) is 30.5 Å². The van der Waals surface area contributed by atoms with Gasteiger partial charge in [-0.05, 0) is 31.2 Å². The molecule has 2 fully saturated rings. The van der Waals surface area contributed by atoms with E-state index in [-0.39, 0.29) is 17.8 Å². The predicted octanol–water partition coefficient (Wildman–Crippen LogP) is 0.382. The van der Waals surface area contributed by atoms with E-state index in [4.69, 9.17) is 19.6 Å². The van der Waals surface area contributed by atoms with Crippen LogP contribution in [0.5, 0.6) is 0 Å². The van der Waals surface area contributed by atoms with Crippen LogP contribution in [-0.2, 0) is 26.2 Å². The van der Waals surface area contributed by atoms with Crippen molar-refractivity contribution in [1.29, 1.82) is 0 Å². The molecule has 0 bridgehead atoms. The Hall–Kier alpha value is -2.26. The van der Waals surface area contributed by atoms with Gasteiger partial charge in [-0.15, -0.1) is 0 Å². The number of carboxylic acid groups (broad SMARTS) is 1. The van der Waals surface area contributed by atoms with E-state index in [1.54, 1.807) is 0 Å². The van der Waals surface area contributed by atoms with Crippen LogP contribution in [0, 0.1) is 0 Å². The second kappa shape index (κ2) is 9.49. The summed E-state index contributed by atoms with van der Waals surface area (Å²) in [7, 11) is 3.95. The van der Waals surface area contributed by atoms with Gasteiger partial charge in [-0.1, -0.05) is 0 Å². The molecule has 2 aliphatic heterocycles. The highest BCUT2D eigenvalue weighted by Gasteiger charge is 2.44. The highest BCUT2D eigenvalue weighted by Crippen LogP contribution is 2.44. The van der Waals surface area contributed by atoms with Gasteiger partial charge in [0.25, 0.3) is 6.47 Å². The Kier molecular flexibility index (Phi) is 7.02. The van der Waals surface area contributed by atoms with Gasteiger partial charge in [0.05, 0.1) is 25.5 Å². The minimum atomic E-state index is -0.250. The number of anilines is 1. The van der Waals surface area contributed by atoms with E-state index < -0.39 is 0 Å². The average Bonchev–Trinajstić information content (AvgIpc) is 3.06. The van der Waals surface area contributed by atoms with E-state index in [1.807, 2.05) is 25.2 Å². The molecule has 1 amide bonds. The van der Waals surface area contributed by atoms with E-state index >= 15 is 0 Å². The summed E-state index contributed by atoms with van der Waals surface area (Å²) >= 11 is 0. The molecule has 1 aliphatic carbocycles. The Morgan fingerprint density at radius 1 is 1.31 bits per heavy atom. The number of fused-ring (bicyclic) bond motifs is 2. The lowest BCUT2D eigenvalue weighted by Gasteiger charge is -2.41. The Balaban J connectivity index is 0.000000755. The third-order valence-corrected chi connectivity index (χ3v) is 6.02. The van der Waals surface area contributed by atoms with Crippen LogP contribution in [0.15, 0.2) is 6.20 Å². The molecule has 1 spiro atoms. The number of piperidine rings is 1. The fraction of sp³-hybridized carbons (Fsp3) is 0.700. The molecule has 3 aliphatic rings. The van der Waals surface area contributed by atoms with Crippen LogP contribution in [0.2, 0.25) is 0 Å². The zero-order valence-corrected chi connectivity index (χ0v) is 17.3. The van der Waals surface area contributed by atoms with E-state index in [0.717, 1.165) is 71.0 Å². The minimum absolute atomic E-state index is 0.0158. The maximum absolute atomic E-state index is 12.9. The van der Waals surface area contributed by atoms with Gasteiger partial charge in [-0.3, -0.25) is 14.5 Å². The number of ether oxygens (including phenoxy) is 1. The number of aromatic nitrogens is 2. The van der Waals surface area contributed by atoms with E-state index in [1.165, 1.54) is 11.3 Å². The van der Waals surface area contributed by atoms with Gasteiger partial charge in [0, 0.05) is 51.9 Å². The number of carbonyl (C=O) groups is 2.